The summed E-state index contributed by atoms with van der Waals surface area (Å²) in [6.45, 7) is 1.99. The van der Waals surface area contributed by atoms with Crippen molar-refractivity contribution in [3.05, 3.63) is 40.5 Å². The van der Waals surface area contributed by atoms with Gasteiger partial charge in [-0.05, 0) is 44.0 Å². The van der Waals surface area contributed by atoms with Gasteiger partial charge in [0, 0.05) is 28.0 Å². The number of hydrogen-bond donors (Lipinski definition) is 2. The molecule has 0 unspecified atom stereocenters. The molecule has 1 heterocycles. The highest BCUT2D eigenvalue weighted by Crippen LogP contribution is 2.23. The first-order chi connectivity index (χ1) is 10.2. The summed E-state index contributed by atoms with van der Waals surface area (Å²) in [6, 6.07) is 10.5. The maximum atomic E-state index is 4.57. The molecule has 1 saturated carbocycles. The van der Waals surface area contributed by atoms with Crippen LogP contribution in [0.1, 0.15) is 31.4 Å². The zero-order valence-corrected chi connectivity index (χ0v) is 13.7. The first kappa shape index (κ1) is 14.3. The lowest BCUT2D eigenvalue weighted by atomic mass is 10.2. The van der Waals surface area contributed by atoms with Crippen LogP contribution >= 0.6 is 15.9 Å². The highest BCUT2D eigenvalue weighted by atomic mass is 79.9. The van der Waals surface area contributed by atoms with Crippen molar-refractivity contribution in [1.82, 2.24) is 9.97 Å². The molecule has 1 aromatic carbocycles. The number of rotatable bonds is 4. The molecule has 0 bridgehead atoms. The minimum atomic E-state index is 0.521. The van der Waals surface area contributed by atoms with E-state index < -0.39 is 0 Å². The van der Waals surface area contributed by atoms with Crippen molar-refractivity contribution in [2.45, 2.75) is 38.6 Å². The Morgan fingerprint density at radius 3 is 2.52 bits per heavy atom. The summed E-state index contributed by atoms with van der Waals surface area (Å²) < 4.78 is 1.07. The van der Waals surface area contributed by atoms with E-state index in [0.717, 1.165) is 27.6 Å². The molecular formula is C16H19BrN4. The Morgan fingerprint density at radius 1 is 1.10 bits per heavy atom. The number of nitrogens with one attached hydrogen (secondary N) is 2. The molecule has 21 heavy (non-hydrogen) atoms. The molecule has 1 aliphatic rings. The molecule has 0 saturated heterocycles. The van der Waals surface area contributed by atoms with Gasteiger partial charge in [-0.2, -0.15) is 4.98 Å². The number of nitrogens with zero attached hydrogens (tertiary/aromatic N) is 2. The zero-order chi connectivity index (χ0) is 14.7. The molecule has 110 valence electrons. The van der Waals surface area contributed by atoms with Gasteiger partial charge in [-0.3, -0.25) is 0 Å². The lowest BCUT2D eigenvalue weighted by molar-refractivity contribution is 0.743. The molecule has 1 aliphatic carbocycles. The van der Waals surface area contributed by atoms with Crippen LogP contribution in [0, 0.1) is 6.92 Å². The first-order valence-corrected chi connectivity index (χ1v) is 8.13. The van der Waals surface area contributed by atoms with Crippen molar-refractivity contribution in [3.63, 3.8) is 0 Å². The smallest absolute Gasteiger partial charge is 0.225 e. The van der Waals surface area contributed by atoms with Crippen molar-refractivity contribution in [2.24, 2.45) is 0 Å². The Kier molecular flexibility index (Phi) is 4.39. The minimum Gasteiger partial charge on any atom is -0.351 e. The number of aromatic nitrogens is 2. The van der Waals surface area contributed by atoms with Crippen molar-refractivity contribution in [3.8, 4) is 0 Å². The predicted octanol–water partition coefficient (Wildman–Crippen LogP) is 4.65. The van der Waals surface area contributed by atoms with E-state index in [1.165, 1.54) is 25.7 Å². The topological polar surface area (TPSA) is 49.8 Å². The summed E-state index contributed by atoms with van der Waals surface area (Å²) in [4.78, 5) is 9.05. The van der Waals surface area contributed by atoms with Gasteiger partial charge in [0.15, 0.2) is 0 Å². The second-order valence-electron chi connectivity index (χ2n) is 5.48. The number of hydrogen-bond acceptors (Lipinski definition) is 4. The van der Waals surface area contributed by atoms with Crippen LogP contribution in [0.25, 0.3) is 0 Å². The van der Waals surface area contributed by atoms with Gasteiger partial charge in [0.25, 0.3) is 0 Å². The highest BCUT2D eigenvalue weighted by Gasteiger charge is 2.16. The predicted molar refractivity (Wildman–Crippen MR) is 90.1 cm³/mol. The third-order valence-electron chi connectivity index (χ3n) is 3.66. The van der Waals surface area contributed by atoms with Crippen molar-refractivity contribution in [1.29, 1.82) is 0 Å². The quantitative estimate of drug-likeness (QED) is 0.846. The molecule has 0 aliphatic heterocycles. The Labute approximate surface area is 133 Å². The van der Waals surface area contributed by atoms with Gasteiger partial charge in [-0.15, -0.1) is 0 Å². The van der Waals surface area contributed by atoms with Crippen LogP contribution in [0.3, 0.4) is 0 Å². The van der Waals surface area contributed by atoms with E-state index in [1.807, 2.05) is 37.3 Å². The Morgan fingerprint density at radius 2 is 1.81 bits per heavy atom. The molecule has 0 spiro atoms. The molecule has 0 radical (unpaired) electrons. The molecule has 3 rings (SSSR count). The van der Waals surface area contributed by atoms with Crippen LogP contribution in [-0.2, 0) is 0 Å². The van der Waals surface area contributed by atoms with Crippen molar-refractivity contribution < 1.29 is 0 Å². The van der Waals surface area contributed by atoms with E-state index >= 15 is 0 Å². The molecule has 2 aromatic rings. The van der Waals surface area contributed by atoms with Gasteiger partial charge in [0.05, 0.1) is 0 Å². The summed E-state index contributed by atoms with van der Waals surface area (Å²) in [5.74, 6) is 1.55. The van der Waals surface area contributed by atoms with Crippen molar-refractivity contribution >= 4 is 33.4 Å². The zero-order valence-electron chi connectivity index (χ0n) is 12.1. The summed E-state index contributed by atoms with van der Waals surface area (Å²) in [5, 5.41) is 6.77. The minimum absolute atomic E-state index is 0.521. The third-order valence-corrected chi connectivity index (χ3v) is 4.19. The van der Waals surface area contributed by atoms with Gasteiger partial charge >= 0.3 is 0 Å². The maximum Gasteiger partial charge on any atom is 0.225 e. The average Bonchev–Trinajstić information content (AvgIpc) is 2.93. The standard InChI is InChI=1S/C16H19BrN4/c1-11-10-15(19-14-8-6-12(17)7-9-14)21-16(18-11)20-13-4-2-3-5-13/h6-10,13H,2-5H2,1H3,(H2,18,19,20,21). The number of benzene rings is 1. The Bertz CT molecular complexity index is 606. The van der Waals surface area contributed by atoms with Gasteiger partial charge in [0.2, 0.25) is 5.95 Å². The van der Waals surface area contributed by atoms with Crippen LogP contribution in [0.15, 0.2) is 34.8 Å². The van der Waals surface area contributed by atoms with Crippen molar-refractivity contribution in [2.75, 3.05) is 10.6 Å². The highest BCUT2D eigenvalue weighted by molar-refractivity contribution is 9.10. The monoisotopic (exact) mass is 346 g/mol. The van der Waals surface area contributed by atoms with Gasteiger partial charge in [0.1, 0.15) is 5.82 Å². The molecule has 5 heteroatoms. The first-order valence-electron chi connectivity index (χ1n) is 7.34. The second kappa shape index (κ2) is 6.43. The molecule has 0 atom stereocenters. The summed E-state index contributed by atoms with van der Waals surface area (Å²) in [6.07, 6.45) is 5.03. The fourth-order valence-electron chi connectivity index (χ4n) is 2.63. The molecule has 1 aromatic heterocycles. The van der Waals surface area contributed by atoms with Gasteiger partial charge in [-0.1, -0.05) is 28.8 Å². The summed E-state index contributed by atoms with van der Waals surface area (Å²) in [5.41, 5.74) is 1.98. The summed E-state index contributed by atoms with van der Waals surface area (Å²) >= 11 is 3.44. The van der Waals surface area contributed by atoms with E-state index in [9.17, 15) is 0 Å². The molecule has 0 amide bonds. The second-order valence-corrected chi connectivity index (χ2v) is 6.39. The van der Waals surface area contributed by atoms with Gasteiger partial charge in [-0.25, -0.2) is 4.98 Å². The maximum absolute atomic E-state index is 4.57. The fraction of sp³-hybridized carbons (Fsp3) is 0.375. The van der Waals surface area contributed by atoms with E-state index in [0.29, 0.717) is 6.04 Å². The van der Waals surface area contributed by atoms with E-state index in [2.05, 4.69) is 36.5 Å². The van der Waals surface area contributed by atoms with E-state index in [4.69, 9.17) is 0 Å². The van der Waals surface area contributed by atoms with E-state index in [-0.39, 0.29) is 0 Å². The van der Waals surface area contributed by atoms with Crippen LogP contribution in [0.5, 0.6) is 0 Å². The van der Waals surface area contributed by atoms with Gasteiger partial charge < -0.3 is 10.6 Å². The van der Waals surface area contributed by atoms with Crippen LogP contribution in [0.4, 0.5) is 17.5 Å². The fourth-order valence-corrected chi connectivity index (χ4v) is 2.90. The Hall–Kier alpha value is -1.62. The molecule has 2 N–H and O–H groups in total. The number of anilines is 3. The molecular weight excluding hydrogens is 328 g/mol. The molecule has 1 fully saturated rings. The number of halogens is 1. The number of aryl methyl sites for hydroxylation is 1. The average molecular weight is 347 g/mol. The molecule has 4 nitrogen and oxygen atoms in total. The van der Waals surface area contributed by atoms with Crippen LogP contribution in [-0.4, -0.2) is 16.0 Å². The largest absolute Gasteiger partial charge is 0.351 e. The third kappa shape index (κ3) is 3.94. The lowest BCUT2D eigenvalue weighted by Gasteiger charge is -2.14. The normalized spacial score (nSPS) is 15.1. The Balaban J connectivity index is 1.75. The van der Waals surface area contributed by atoms with E-state index in [1.54, 1.807) is 0 Å². The van der Waals surface area contributed by atoms with Crippen LogP contribution < -0.4 is 10.6 Å². The van der Waals surface area contributed by atoms with Crippen LogP contribution in [0.2, 0.25) is 0 Å². The summed E-state index contributed by atoms with van der Waals surface area (Å²) in [7, 11) is 0. The lowest BCUT2D eigenvalue weighted by Crippen LogP contribution is -2.17. The SMILES string of the molecule is Cc1cc(Nc2ccc(Br)cc2)nc(NC2CCCC2)n1.